The van der Waals surface area contributed by atoms with E-state index in [1.807, 2.05) is 0 Å². The standard InChI is InChI=1S/C23H30FN7O2/c1-15-12-31-14-19(10-20(24)22(31)27-15)29-23(32)16(2)26-11-21(25-3)30-7-4-18(13-30)28-17-5-8-33-9-6-17/h10-12,14,17-18,28H,3-9,13H2,1-2H3,(H,29,32)/b21-11+,26-16?. The van der Waals surface area contributed by atoms with Crippen LogP contribution in [0.3, 0.4) is 0 Å². The minimum Gasteiger partial charge on any atom is -0.381 e. The average Bonchev–Trinajstić information content (AvgIpc) is 3.41. The lowest BCUT2D eigenvalue weighted by molar-refractivity contribution is -0.110. The molecule has 9 nitrogen and oxygen atoms in total. The molecule has 0 bridgehead atoms. The molecule has 1 atom stereocenters. The number of ether oxygens (including phenoxy) is 1. The molecular weight excluding hydrogens is 425 g/mol. The molecule has 2 aliphatic heterocycles. The third-order valence-corrected chi connectivity index (χ3v) is 5.95. The summed E-state index contributed by atoms with van der Waals surface area (Å²) in [7, 11) is 0. The molecule has 0 aliphatic carbocycles. The van der Waals surface area contributed by atoms with Crippen LogP contribution in [0.4, 0.5) is 10.1 Å². The fourth-order valence-corrected chi connectivity index (χ4v) is 4.21. The van der Waals surface area contributed by atoms with Crippen LogP contribution >= 0.6 is 0 Å². The molecular formula is C23H30FN7O2. The summed E-state index contributed by atoms with van der Waals surface area (Å²) in [4.78, 5) is 27.2. The van der Waals surface area contributed by atoms with Crippen LogP contribution in [0.15, 0.2) is 40.5 Å². The molecule has 4 heterocycles. The number of hydrogen-bond donors (Lipinski definition) is 2. The van der Waals surface area contributed by atoms with Crippen molar-refractivity contribution < 1.29 is 13.9 Å². The Balaban J connectivity index is 1.37. The van der Waals surface area contributed by atoms with E-state index in [9.17, 15) is 9.18 Å². The lowest BCUT2D eigenvalue weighted by atomic mass is 10.1. The Morgan fingerprint density at radius 1 is 1.30 bits per heavy atom. The lowest BCUT2D eigenvalue weighted by Crippen LogP contribution is -2.42. The number of anilines is 1. The number of aryl methyl sites for hydroxylation is 1. The second-order valence-electron chi connectivity index (χ2n) is 8.49. The molecule has 4 rings (SSSR count). The highest BCUT2D eigenvalue weighted by Crippen LogP contribution is 2.19. The van der Waals surface area contributed by atoms with E-state index >= 15 is 0 Å². The summed E-state index contributed by atoms with van der Waals surface area (Å²) in [5.74, 6) is -0.308. The number of nitrogens with one attached hydrogen (secondary N) is 2. The van der Waals surface area contributed by atoms with Gasteiger partial charge >= 0.3 is 0 Å². The van der Waals surface area contributed by atoms with E-state index in [2.05, 4.69) is 37.2 Å². The van der Waals surface area contributed by atoms with Gasteiger partial charge in [0.2, 0.25) is 0 Å². The van der Waals surface area contributed by atoms with Gasteiger partial charge in [0, 0.05) is 56.8 Å². The molecule has 1 amide bonds. The molecule has 2 aliphatic rings. The van der Waals surface area contributed by atoms with E-state index in [0.29, 0.717) is 29.3 Å². The van der Waals surface area contributed by atoms with Gasteiger partial charge in [-0.1, -0.05) is 0 Å². The number of nitrogens with zero attached hydrogens (tertiary/aromatic N) is 5. The minimum atomic E-state index is -0.508. The van der Waals surface area contributed by atoms with Crippen LogP contribution in [0, 0.1) is 12.7 Å². The number of carbonyl (C=O) groups is 1. The topological polar surface area (TPSA) is 95.6 Å². The first-order valence-electron chi connectivity index (χ1n) is 11.2. The number of rotatable bonds is 7. The fraction of sp³-hybridized carbons (Fsp3) is 0.478. The van der Waals surface area contributed by atoms with Crippen molar-refractivity contribution in [1.82, 2.24) is 19.6 Å². The molecule has 2 aromatic rings. The van der Waals surface area contributed by atoms with Gasteiger partial charge in [0.05, 0.1) is 17.6 Å². The highest BCUT2D eigenvalue weighted by atomic mass is 19.1. The maximum absolute atomic E-state index is 14.3. The van der Waals surface area contributed by atoms with Gasteiger partial charge in [0.1, 0.15) is 11.5 Å². The Kier molecular flexibility index (Phi) is 7.14. The molecule has 2 N–H and O–H groups in total. The number of likely N-dealkylation sites (tertiary alicyclic amines) is 1. The fourth-order valence-electron chi connectivity index (χ4n) is 4.21. The SMILES string of the molecule is C=N/C(=C\N=C(C)C(=O)Nc1cc(F)c2nc(C)cn2c1)N1CCC(NC2CCOCC2)C1. The van der Waals surface area contributed by atoms with Gasteiger partial charge in [0.15, 0.2) is 11.5 Å². The van der Waals surface area contributed by atoms with Crippen LogP contribution in [0.5, 0.6) is 0 Å². The van der Waals surface area contributed by atoms with Gasteiger partial charge in [-0.3, -0.25) is 9.79 Å². The largest absolute Gasteiger partial charge is 0.381 e. The summed E-state index contributed by atoms with van der Waals surface area (Å²) >= 11 is 0. The first-order valence-corrected chi connectivity index (χ1v) is 11.2. The van der Waals surface area contributed by atoms with Gasteiger partial charge in [-0.25, -0.2) is 14.4 Å². The molecule has 0 radical (unpaired) electrons. The summed E-state index contributed by atoms with van der Waals surface area (Å²) in [6, 6.07) is 2.12. The molecule has 2 aromatic heterocycles. The summed E-state index contributed by atoms with van der Waals surface area (Å²) in [5, 5.41) is 6.39. The van der Waals surface area contributed by atoms with Crippen LogP contribution in [0.25, 0.3) is 5.65 Å². The third-order valence-electron chi connectivity index (χ3n) is 5.95. The van der Waals surface area contributed by atoms with Crippen molar-refractivity contribution in [2.75, 3.05) is 31.6 Å². The van der Waals surface area contributed by atoms with Crippen molar-refractivity contribution in [3.63, 3.8) is 0 Å². The van der Waals surface area contributed by atoms with Crippen LogP contribution in [0.1, 0.15) is 31.9 Å². The predicted octanol–water partition coefficient (Wildman–Crippen LogP) is 2.52. The van der Waals surface area contributed by atoms with Gasteiger partial charge < -0.3 is 24.7 Å². The van der Waals surface area contributed by atoms with Crippen molar-refractivity contribution in [2.45, 2.75) is 45.2 Å². The van der Waals surface area contributed by atoms with Gasteiger partial charge in [-0.2, -0.15) is 0 Å². The second-order valence-corrected chi connectivity index (χ2v) is 8.49. The second kappa shape index (κ2) is 10.2. The highest BCUT2D eigenvalue weighted by molar-refractivity contribution is 6.42. The molecule has 0 aromatic carbocycles. The van der Waals surface area contributed by atoms with E-state index in [1.54, 1.807) is 36.8 Å². The van der Waals surface area contributed by atoms with Crippen LogP contribution in [-0.4, -0.2) is 71.0 Å². The zero-order valence-corrected chi connectivity index (χ0v) is 19.1. The van der Waals surface area contributed by atoms with Crippen LogP contribution in [0.2, 0.25) is 0 Å². The summed E-state index contributed by atoms with van der Waals surface area (Å²) in [5.41, 5.74) is 1.46. The molecule has 0 saturated carbocycles. The first kappa shape index (κ1) is 23.1. The number of aromatic nitrogens is 2. The summed E-state index contributed by atoms with van der Waals surface area (Å²) in [6.07, 6.45) is 7.95. The molecule has 1 unspecified atom stereocenters. The normalized spacial score (nSPS) is 20.5. The zero-order chi connectivity index (χ0) is 23.4. The Bertz CT molecular complexity index is 1090. The van der Waals surface area contributed by atoms with Gasteiger partial charge in [0.25, 0.3) is 5.91 Å². The quantitative estimate of drug-likeness (QED) is 0.626. The van der Waals surface area contributed by atoms with E-state index in [1.165, 1.54) is 6.07 Å². The van der Waals surface area contributed by atoms with Gasteiger partial charge in [-0.05, 0) is 39.8 Å². The molecule has 2 saturated heterocycles. The minimum absolute atomic E-state index is 0.218. The van der Waals surface area contributed by atoms with E-state index in [-0.39, 0.29) is 11.4 Å². The van der Waals surface area contributed by atoms with Crippen LogP contribution in [-0.2, 0) is 9.53 Å². The number of hydrogen-bond acceptors (Lipinski definition) is 7. The number of fused-ring (bicyclic) bond motifs is 1. The van der Waals surface area contributed by atoms with Crippen LogP contribution < -0.4 is 10.6 Å². The number of imidazole rings is 1. The molecule has 33 heavy (non-hydrogen) atoms. The monoisotopic (exact) mass is 455 g/mol. The molecule has 2 fully saturated rings. The number of amides is 1. The summed E-state index contributed by atoms with van der Waals surface area (Å²) < 4.78 is 21.2. The first-order chi connectivity index (χ1) is 15.9. The maximum Gasteiger partial charge on any atom is 0.269 e. The van der Waals surface area contributed by atoms with Crippen molar-refractivity contribution in [2.24, 2.45) is 9.98 Å². The number of pyridine rings is 1. The van der Waals surface area contributed by atoms with Crippen molar-refractivity contribution >= 4 is 29.7 Å². The maximum atomic E-state index is 14.3. The third kappa shape index (κ3) is 5.63. The molecule has 176 valence electrons. The number of halogens is 1. The Labute approximate surface area is 192 Å². The number of carbonyl (C=O) groups excluding carboxylic acids is 1. The molecule has 0 spiro atoms. The van der Waals surface area contributed by atoms with E-state index in [4.69, 9.17) is 4.74 Å². The average molecular weight is 456 g/mol. The Hall–Kier alpha value is -3.11. The predicted molar refractivity (Wildman–Crippen MR) is 126 cm³/mol. The van der Waals surface area contributed by atoms with Crippen molar-refractivity contribution in [3.8, 4) is 0 Å². The van der Waals surface area contributed by atoms with Crippen molar-refractivity contribution in [3.05, 3.63) is 42.0 Å². The summed E-state index contributed by atoms with van der Waals surface area (Å²) in [6.45, 7) is 10.3. The van der Waals surface area contributed by atoms with E-state index < -0.39 is 11.7 Å². The zero-order valence-electron chi connectivity index (χ0n) is 19.1. The Morgan fingerprint density at radius 3 is 2.85 bits per heavy atom. The van der Waals surface area contributed by atoms with Crippen molar-refractivity contribution in [1.29, 1.82) is 0 Å². The number of aliphatic imine (C=N–C) groups is 2. The van der Waals surface area contributed by atoms with E-state index in [0.717, 1.165) is 45.6 Å². The van der Waals surface area contributed by atoms with Gasteiger partial charge in [-0.15, -0.1) is 0 Å². The Morgan fingerprint density at radius 2 is 2.09 bits per heavy atom. The molecule has 10 heteroatoms. The highest BCUT2D eigenvalue weighted by Gasteiger charge is 2.26. The lowest BCUT2D eigenvalue weighted by Gasteiger charge is -2.26. The smallest absolute Gasteiger partial charge is 0.269 e.